The molecule has 0 amide bonds. The zero-order chi connectivity index (χ0) is 6.69. The van der Waals surface area contributed by atoms with Crippen molar-refractivity contribution in [3.63, 3.8) is 0 Å². The number of hydrogen-bond acceptors (Lipinski definition) is 3. The van der Waals surface area contributed by atoms with Crippen molar-refractivity contribution in [3.8, 4) is 0 Å². The Balaban J connectivity index is 2.86. The molecule has 0 saturated carbocycles. The molecule has 0 unspecified atom stereocenters. The topological polar surface area (TPSA) is 47.8 Å². The van der Waals surface area contributed by atoms with Crippen LogP contribution in [0.1, 0.15) is 12.7 Å². The zero-order valence-corrected chi connectivity index (χ0v) is 5.11. The van der Waals surface area contributed by atoms with E-state index in [0.29, 0.717) is 12.2 Å². The van der Waals surface area contributed by atoms with Crippen LogP contribution in [0.4, 0.5) is 0 Å². The minimum atomic E-state index is 0.617. The van der Waals surface area contributed by atoms with E-state index in [1.165, 1.54) is 6.33 Å². The SMILES string of the molecule is CCc1ncn(C=O)n1. The molecule has 1 aromatic rings. The fourth-order valence-electron chi connectivity index (χ4n) is 0.524. The second kappa shape index (κ2) is 2.39. The van der Waals surface area contributed by atoms with Gasteiger partial charge in [0.05, 0.1) is 0 Å². The van der Waals surface area contributed by atoms with Crippen LogP contribution in [0.25, 0.3) is 0 Å². The largest absolute Gasteiger partial charge is 0.276 e. The Morgan fingerprint density at radius 3 is 3.00 bits per heavy atom. The van der Waals surface area contributed by atoms with Gasteiger partial charge in [-0.15, -0.1) is 5.10 Å². The Morgan fingerprint density at radius 1 is 1.89 bits per heavy atom. The summed E-state index contributed by atoms with van der Waals surface area (Å²) in [6.07, 6.45) is 2.78. The van der Waals surface area contributed by atoms with Gasteiger partial charge in [-0.2, -0.15) is 4.68 Å². The van der Waals surface area contributed by atoms with Crippen LogP contribution in [0, 0.1) is 0 Å². The van der Waals surface area contributed by atoms with Crippen molar-refractivity contribution in [2.75, 3.05) is 0 Å². The molecule has 0 saturated heterocycles. The molecule has 4 nitrogen and oxygen atoms in total. The third kappa shape index (κ3) is 1.13. The van der Waals surface area contributed by atoms with Crippen molar-refractivity contribution in [3.05, 3.63) is 12.2 Å². The van der Waals surface area contributed by atoms with E-state index < -0.39 is 0 Å². The molecule has 0 aliphatic rings. The molecule has 1 rings (SSSR count). The summed E-state index contributed by atoms with van der Waals surface area (Å²) >= 11 is 0. The molecule has 0 aliphatic heterocycles. The first-order valence-corrected chi connectivity index (χ1v) is 2.72. The van der Waals surface area contributed by atoms with Crippen LogP contribution in [0.5, 0.6) is 0 Å². The number of aryl methyl sites for hydroxylation is 1. The van der Waals surface area contributed by atoms with Crippen molar-refractivity contribution in [1.82, 2.24) is 14.8 Å². The van der Waals surface area contributed by atoms with Crippen LogP contribution in [0.3, 0.4) is 0 Å². The fourth-order valence-corrected chi connectivity index (χ4v) is 0.524. The molecule has 4 heteroatoms. The van der Waals surface area contributed by atoms with Crippen LogP contribution in [-0.4, -0.2) is 21.2 Å². The highest BCUT2D eigenvalue weighted by molar-refractivity contribution is 5.49. The van der Waals surface area contributed by atoms with E-state index in [9.17, 15) is 4.79 Å². The minimum absolute atomic E-state index is 0.617. The zero-order valence-electron chi connectivity index (χ0n) is 5.11. The standard InChI is InChI=1S/C5H7N3O/c1-2-5-6-3-8(4-9)7-5/h3-4H,2H2,1H3. The molecule has 1 aromatic heterocycles. The van der Waals surface area contributed by atoms with Crippen molar-refractivity contribution >= 4 is 6.41 Å². The first kappa shape index (κ1) is 5.94. The third-order valence-corrected chi connectivity index (χ3v) is 0.980. The van der Waals surface area contributed by atoms with Gasteiger partial charge in [-0.05, 0) is 0 Å². The number of nitrogens with zero attached hydrogens (tertiary/aromatic N) is 3. The Hall–Kier alpha value is -1.19. The van der Waals surface area contributed by atoms with Gasteiger partial charge in [-0.3, -0.25) is 4.79 Å². The first-order valence-electron chi connectivity index (χ1n) is 2.72. The Kier molecular flexibility index (Phi) is 1.58. The van der Waals surface area contributed by atoms with Gasteiger partial charge in [0.25, 0.3) is 0 Å². The van der Waals surface area contributed by atoms with Crippen molar-refractivity contribution in [1.29, 1.82) is 0 Å². The summed E-state index contributed by atoms with van der Waals surface area (Å²) < 4.78 is 1.15. The molecule has 0 bridgehead atoms. The van der Waals surface area contributed by atoms with Gasteiger partial charge in [0.15, 0.2) is 5.82 Å². The predicted molar refractivity (Wildman–Crippen MR) is 31.5 cm³/mol. The monoisotopic (exact) mass is 125 g/mol. The lowest BCUT2D eigenvalue weighted by atomic mass is 10.5. The lowest BCUT2D eigenvalue weighted by Crippen LogP contribution is -1.94. The Labute approximate surface area is 52.5 Å². The molecule has 0 aliphatic carbocycles. The number of rotatable bonds is 2. The third-order valence-electron chi connectivity index (χ3n) is 0.980. The van der Waals surface area contributed by atoms with E-state index in [0.717, 1.165) is 11.1 Å². The van der Waals surface area contributed by atoms with E-state index in [1.54, 1.807) is 0 Å². The maximum atomic E-state index is 10.00. The molecule has 0 N–H and O–H groups in total. The quantitative estimate of drug-likeness (QED) is 0.517. The van der Waals surface area contributed by atoms with Gasteiger partial charge in [0.1, 0.15) is 6.33 Å². The van der Waals surface area contributed by atoms with Crippen molar-refractivity contribution in [2.45, 2.75) is 13.3 Å². The molecule has 0 radical (unpaired) electrons. The average molecular weight is 125 g/mol. The Bertz CT molecular complexity index is 206. The van der Waals surface area contributed by atoms with Crippen LogP contribution < -0.4 is 0 Å². The summed E-state index contributed by atoms with van der Waals surface area (Å²) in [6.45, 7) is 1.93. The molecule has 0 atom stereocenters. The summed E-state index contributed by atoms with van der Waals surface area (Å²) in [5.74, 6) is 0.696. The van der Waals surface area contributed by atoms with Crippen LogP contribution in [0.15, 0.2) is 6.33 Å². The van der Waals surface area contributed by atoms with Gasteiger partial charge >= 0.3 is 0 Å². The van der Waals surface area contributed by atoms with Crippen molar-refractivity contribution < 1.29 is 4.79 Å². The second-order valence-corrected chi connectivity index (χ2v) is 1.60. The molecule has 0 fully saturated rings. The van der Waals surface area contributed by atoms with Gasteiger partial charge in [0.2, 0.25) is 6.41 Å². The van der Waals surface area contributed by atoms with Crippen molar-refractivity contribution in [2.24, 2.45) is 0 Å². The summed E-state index contributed by atoms with van der Waals surface area (Å²) in [4.78, 5) is 13.8. The maximum Gasteiger partial charge on any atom is 0.235 e. The predicted octanol–water partition coefficient (Wildman–Crippen LogP) is -0.121. The maximum absolute atomic E-state index is 10.00. The van der Waals surface area contributed by atoms with Gasteiger partial charge in [0, 0.05) is 6.42 Å². The van der Waals surface area contributed by atoms with E-state index in [4.69, 9.17) is 0 Å². The lowest BCUT2D eigenvalue weighted by Gasteiger charge is -1.79. The number of carbonyl (C=O) groups is 1. The molecule has 48 valence electrons. The molecular formula is C5H7N3O. The van der Waals surface area contributed by atoms with E-state index in [-0.39, 0.29) is 0 Å². The minimum Gasteiger partial charge on any atom is -0.276 e. The van der Waals surface area contributed by atoms with Crippen LogP contribution >= 0.6 is 0 Å². The average Bonchev–Trinajstić information content (AvgIpc) is 2.34. The van der Waals surface area contributed by atoms with Gasteiger partial charge < -0.3 is 0 Å². The highest BCUT2D eigenvalue weighted by Gasteiger charge is 1.93. The molecule has 0 spiro atoms. The summed E-state index contributed by atoms with van der Waals surface area (Å²) in [5, 5.41) is 3.78. The normalized spacial score (nSPS) is 9.44. The molecule has 9 heavy (non-hydrogen) atoms. The summed E-state index contributed by atoms with van der Waals surface area (Å²) in [6, 6.07) is 0. The second-order valence-electron chi connectivity index (χ2n) is 1.60. The molecule has 0 aromatic carbocycles. The van der Waals surface area contributed by atoms with E-state index >= 15 is 0 Å². The van der Waals surface area contributed by atoms with Gasteiger partial charge in [-0.25, -0.2) is 4.98 Å². The first-order chi connectivity index (χ1) is 4.36. The Morgan fingerprint density at radius 2 is 2.67 bits per heavy atom. The van der Waals surface area contributed by atoms with Gasteiger partial charge in [-0.1, -0.05) is 6.92 Å². The highest BCUT2D eigenvalue weighted by Crippen LogP contribution is 1.86. The number of aromatic nitrogens is 3. The van der Waals surface area contributed by atoms with E-state index in [1.807, 2.05) is 6.92 Å². The molecule has 1 heterocycles. The molecular weight excluding hydrogens is 118 g/mol. The van der Waals surface area contributed by atoms with Crippen LogP contribution in [0.2, 0.25) is 0 Å². The summed E-state index contributed by atoms with van der Waals surface area (Å²) in [5.41, 5.74) is 0. The number of hydrogen-bond donors (Lipinski definition) is 0. The fraction of sp³-hybridized carbons (Fsp3) is 0.400. The summed E-state index contributed by atoms with van der Waals surface area (Å²) in [7, 11) is 0. The van der Waals surface area contributed by atoms with Crippen LogP contribution in [-0.2, 0) is 11.2 Å². The lowest BCUT2D eigenvalue weighted by molar-refractivity contribution is 0.540. The smallest absolute Gasteiger partial charge is 0.235 e. The van der Waals surface area contributed by atoms with E-state index in [2.05, 4.69) is 10.1 Å². The highest BCUT2D eigenvalue weighted by atomic mass is 16.1. The number of carbonyl (C=O) groups excluding carboxylic acids is 1.